The summed E-state index contributed by atoms with van der Waals surface area (Å²) in [5.41, 5.74) is -2.06. The van der Waals surface area contributed by atoms with Gasteiger partial charge in [0.25, 0.3) is 23.0 Å². The molecule has 4 rings (SSSR count). The summed E-state index contributed by atoms with van der Waals surface area (Å²) in [6, 6.07) is 13.6. The number of nitro benzene ring substituents is 1. The second-order valence-electron chi connectivity index (χ2n) is 7.67. The molecule has 0 bridgehead atoms. The van der Waals surface area contributed by atoms with Gasteiger partial charge in [-0.2, -0.15) is 0 Å². The van der Waals surface area contributed by atoms with Crippen LogP contribution in [0.25, 0.3) is 0 Å². The summed E-state index contributed by atoms with van der Waals surface area (Å²) >= 11 is -1.93. The number of carbonyl (C=O) groups excluding carboxylic acids is 3. The predicted octanol–water partition coefficient (Wildman–Crippen LogP) is 0.902. The number of fused-ring (bicyclic) bond motifs is 1. The zero-order chi connectivity index (χ0) is 25.2. The summed E-state index contributed by atoms with van der Waals surface area (Å²) in [7, 11) is 0. The van der Waals surface area contributed by atoms with Gasteiger partial charge in [-0.25, -0.2) is 4.79 Å². The Labute approximate surface area is 201 Å². The number of hydrogen-bond donors (Lipinski definition) is 2. The topological polar surface area (TPSA) is 171 Å². The molecule has 2 heterocycles. The van der Waals surface area contributed by atoms with Crippen LogP contribution in [-0.4, -0.2) is 60.5 Å². The highest BCUT2D eigenvalue weighted by Gasteiger charge is 2.74. The van der Waals surface area contributed by atoms with Crippen LogP contribution in [0.4, 0.5) is 5.69 Å². The lowest BCUT2D eigenvalue weighted by molar-refractivity contribution is -0.384. The van der Waals surface area contributed by atoms with E-state index in [1.165, 1.54) is 24.3 Å². The van der Waals surface area contributed by atoms with Crippen LogP contribution >= 0.6 is 0 Å². The van der Waals surface area contributed by atoms with Crippen molar-refractivity contribution in [3.8, 4) is 5.75 Å². The van der Waals surface area contributed by atoms with Crippen LogP contribution in [0.2, 0.25) is 0 Å². The fourth-order valence-electron chi connectivity index (χ4n) is 3.68. The number of para-hydroxylation sites is 1. The first-order valence-electron chi connectivity index (χ1n) is 10.2. The lowest BCUT2D eigenvalue weighted by atomic mass is 9.87. The zero-order valence-corrected chi connectivity index (χ0v) is 18.8. The van der Waals surface area contributed by atoms with Gasteiger partial charge in [0.1, 0.15) is 12.4 Å². The van der Waals surface area contributed by atoms with Crippen LogP contribution < -0.4 is 10.1 Å². The predicted molar refractivity (Wildman–Crippen MR) is 120 cm³/mol. The second kappa shape index (κ2) is 9.64. The van der Waals surface area contributed by atoms with Crippen molar-refractivity contribution >= 4 is 34.6 Å². The molecule has 13 heteroatoms. The van der Waals surface area contributed by atoms with E-state index in [0.717, 1.165) is 11.1 Å². The fourth-order valence-corrected chi connectivity index (χ4v) is 5.27. The van der Waals surface area contributed by atoms with Gasteiger partial charge in [0.15, 0.2) is 18.1 Å². The maximum absolute atomic E-state index is 13.1. The number of non-ortho nitro benzene ring substituents is 1. The lowest BCUT2D eigenvalue weighted by Gasteiger charge is -2.52. The first-order chi connectivity index (χ1) is 16.7. The number of nitro groups is 1. The summed E-state index contributed by atoms with van der Waals surface area (Å²) in [5, 5.41) is 21.6. The number of amides is 2. The van der Waals surface area contributed by atoms with Gasteiger partial charge < -0.3 is 24.4 Å². The van der Waals surface area contributed by atoms with Crippen molar-refractivity contribution in [2.45, 2.75) is 17.5 Å². The molecule has 2 aliphatic rings. The highest BCUT2D eigenvalue weighted by Crippen LogP contribution is 2.40. The Morgan fingerprint density at radius 1 is 1.20 bits per heavy atom. The molecule has 0 spiro atoms. The smallest absolute Gasteiger partial charge is 0.349 e. The number of rotatable bonds is 8. The number of esters is 1. The van der Waals surface area contributed by atoms with Crippen molar-refractivity contribution in [1.82, 2.24) is 10.2 Å². The van der Waals surface area contributed by atoms with Crippen LogP contribution in [0, 0.1) is 10.1 Å². The third-order valence-electron chi connectivity index (χ3n) is 5.31. The van der Waals surface area contributed by atoms with Gasteiger partial charge in [-0.3, -0.25) is 24.6 Å². The maximum Gasteiger partial charge on any atom is 0.349 e. The van der Waals surface area contributed by atoms with Gasteiger partial charge in [0.05, 0.1) is 11.1 Å². The molecular weight excluding hydrogens is 482 g/mol. The molecule has 35 heavy (non-hydrogen) atoms. The van der Waals surface area contributed by atoms with E-state index in [4.69, 9.17) is 9.47 Å². The molecule has 2 unspecified atom stereocenters. The number of aliphatic hydroxyl groups is 1. The minimum absolute atomic E-state index is 0.156. The zero-order valence-electron chi connectivity index (χ0n) is 18.0. The van der Waals surface area contributed by atoms with E-state index < -0.39 is 51.4 Å². The monoisotopic (exact) mass is 501 g/mol. The summed E-state index contributed by atoms with van der Waals surface area (Å²) < 4.78 is 23.4. The van der Waals surface area contributed by atoms with Crippen molar-refractivity contribution in [3.63, 3.8) is 0 Å². The molecule has 1 fully saturated rings. The van der Waals surface area contributed by atoms with Crippen LogP contribution in [0.15, 0.2) is 66.6 Å². The number of hydrogen-bond acceptors (Lipinski definition) is 9. The highest BCUT2D eigenvalue weighted by molar-refractivity contribution is 7.92. The molecule has 3 atom stereocenters. The van der Waals surface area contributed by atoms with Crippen molar-refractivity contribution in [2.24, 2.45) is 0 Å². The van der Waals surface area contributed by atoms with Gasteiger partial charge in [0.2, 0.25) is 5.37 Å². The SMILES string of the molecule is O=C(COc1ccccc1)NC1(C(=O)OCc2ccc([N+](=O)[O-])cc2)C(=O)N2C=C(O)C[S+]([O-])[C@H]21. The minimum Gasteiger partial charge on any atom is -0.614 e. The van der Waals surface area contributed by atoms with Crippen molar-refractivity contribution in [2.75, 3.05) is 12.4 Å². The van der Waals surface area contributed by atoms with E-state index in [1.54, 1.807) is 30.3 Å². The molecule has 2 aliphatic heterocycles. The number of aliphatic hydroxyl groups excluding tert-OH is 1. The fraction of sp³-hybridized carbons (Fsp3) is 0.227. The summed E-state index contributed by atoms with van der Waals surface area (Å²) in [4.78, 5) is 49.9. The van der Waals surface area contributed by atoms with E-state index in [2.05, 4.69) is 5.32 Å². The van der Waals surface area contributed by atoms with E-state index >= 15 is 0 Å². The highest BCUT2D eigenvalue weighted by atomic mass is 32.2. The largest absolute Gasteiger partial charge is 0.614 e. The molecule has 12 nitrogen and oxygen atoms in total. The van der Waals surface area contributed by atoms with Crippen LogP contribution in [0.5, 0.6) is 5.75 Å². The number of β-lactam (4-membered cyclic amide) rings is 1. The first-order valence-corrected chi connectivity index (χ1v) is 11.6. The molecule has 182 valence electrons. The van der Waals surface area contributed by atoms with E-state index in [9.17, 15) is 34.2 Å². The number of nitrogens with one attached hydrogen (secondary N) is 1. The molecule has 0 aliphatic carbocycles. The van der Waals surface area contributed by atoms with Gasteiger partial charge in [-0.05, 0) is 41.0 Å². The van der Waals surface area contributed by atoms with Gasteiger partial charge in [-0.1, -0.05) is 18.2 Å². The molecule has 0 radical (unpaired) electrons. The van der Waals surface area contributed by atoms with Crippen molar-refractivity contribution in [3.05, 3.63) is 82.2 Å². The van der Waals surface area contributed by atoms with Crippen molar-refractivity contribution < 1.29 is 38.4 Å². The normalized spacial score (nSPS) is 22.8. The Morgan fingerprint density at radius 2 is 1.89 bits per heavy atom. The summed E-state index contributed by atoms with van der Waals surface area (Å²) in [5.74, 6) is -3.15. The number of ether oxygens (including phenoxy) is 2. The minimum atomic E-state index is -2.29. The Hall–Kier alpha value is -4.10. The van der Waals surface area contributed by atoms with Gasteiger partial charge >= 0.3 is 5.97 Å². The Morgan fingerprint density at radius 3 is 2.54 bits per heavy atom. The average Bonchev–Trinajstić information content (AvgIpc) is 2.85. The Kier molecular flexibility index (Phi) is 6.62. The second-order valence-corrected chi connectivity index (χ2v) is 9.16. The lowest BCUT2D eigenvalue weighted by Crippen LogP contribution is -2.85. The third kappa shape index (κ3) is 4.63. The number of benzene rings is 2. The molecule has 0 saturated carbocycles. The first kappa shape index (κ1) is 24.0. The van der Waals surface area contributed by atoms with E-state index in [1.807, 2.05) is 0 Å². The Balaban J connectivity index is 1.52. The molecule has 2 aromatic carbocycles. The van der Waals surface area contributed by atoms with Gasteiger partial charge in [-0.15, -0.1) is 0 Å². The molecule has 1 saturated heterocycles. The van der Waals surface area contributed by atoms with Crippen molar-refractivity contribution in [1.29, 1.82) is 0 Å². The molecule has 2 amide bonds. The number of nitrogens with zero attached hydrogens (tertiary/aromatic N) is 2. The molecule has 2 aromatic rings. The molecular formula is C22H19N3O9S. The summed E-state index contributed by atoms with van der Waals surface area (Å²) in [6.45, 7) is -0.891. The molecule has 0 aromatic heterocycles. The van der Waals surface area contributed by atoms with Crippen LogP contribution in [0.3, 0.4) is 0 Å². The van der Waals surface area contributed by atoms with Crippen LogP contribution in [0.1, 0.15) is 5.56 Å². The van der Waals surface area contributed by atoms with E-state index in [-0.39, 0.29) is 23.8 Å². The van der Waals surface area contributed by atoms with E-state index in [0.29, 0.717) is 11.3 Å². The standard InChI is InChI=1S/C22H19N3O9S/c26-16-10-24-19(28)22(20(24)35(32)13-16,23-18(27)12-33-17-4-2-1-3-5-17)21(29)34-11-14-6-8-15(9-7-14)25(30)31/h1-10,20,26H,11-13H2,(H,23,27)/t20-,22?,35?/m0/s1. The average molecular weight is 501 g/mol. The Bertz CT molecular complexity index is 1190. The maximum atomic E-state index is 13.1. The summed E-state index contributed by atoms with van der Waals surface area (Å²) in [6.07, 6.45) is 1.06. The quantitative estimate of drug-likeness (QED) is 0.133. The van der Waals surface area contributed by atoms with Gasteiger partial charge in [0, 0.05) is 12.1 Å². The van der Waals surface area contributed by atoms with Crippen LogP contribution in [-0.2, 0) is 36.9 Å². The molecule has 2 N–H and O–H groups in total. The number of carbonyl (C=O) groups is 3. The third-order valence-corrected chi connectivity index (χ3v) is 6.97.